The third kappa shape index (κ3) is 2.48. The summed E-state index contributed by atoms with van der Waals surface area (Å²) in [6, 6.07) is 8.04. The zero-order chi connectivity index (χ0) is 9.80. The maximum absolute atomic E-state index is 4.33. The highest BCUT2D eigenvalue weighted by Crippen LogP contribution is 2.14. The van der Waals surface area contributed by atoms with Gasteiger partial charge < -0.3 is 10.6 Å². The minimum atomic E-state index is 0.874. The molecule has 0 atom stereocenters. The van der Waals surface area contributed by atoms with Crippen molar-refractivity contribution >= 4 is 27.6 Å². The average molecular weight is 254 g/mol. The maximum Gasteiger partial charge on any atom is 0.195 e. The van der Waals surface area contributed by atoms with E-state index in [1.807, 2.05) is 24.3 Å². The van der Waals surface area contributed by atoms with Crippen LogP contribution >= 0.6 is 15.9 Å². The predicted octanol–water partition coefficient (Wildman–Crippen LogP) is 2.21. The Bertz CT molecular complexity index is 332. The highest BCUT2D eigenvalue weighted by molar-refractivity contribution is 9.10. The number of benzene rings is 1. The monoisotopic (exact) mass is 253 g/mol. The van der Waals surface area contributed by atoms with Crippen molar-refractivity contribution in [3.8, 4) is 0 Å². The van der Waals surface area contributed by atoms with Crippen LogP contribution in [0, 0.1) is 0 Å². The Balaban J connectivity index is 2.03. The first-order valence-corrected chi connectivity index (χ1v) is 5.45. The van der Waals surface area contributed by atoms with E-state index >= 15 is 0 Å². The van der Waals surface area contributed by atoms with Gasteiger partial charge in [-0.2, -0.15) is 0 Å². The molecule has 1 aromatic carbocycles. The second-order valence-electron chi connectivity index (χ2n) is 3.14. The van der Waals surface area contributed by atoms with Gasteiger partial charge in [0.2, 0.25) is 0 Å². The SMILES string of the molecule is Brc1ccc(NC2=NCCCN2)cc1. The van der Waals surface area contributed by atoms with Gasteiger partial charge >= 0.3 is 0 Å². The summed E-state index contributed by atoms with van der Waals surface area (Å²) in [4.78, 5) is 4.33. The zero-order valence-electron chi connectivity index (χ0n) is 7.76. The van der Waals surface area contributed by atoms with E-state index in [1.54, 1.807) is 0 Å². The maximum atomic E-state index is 4.33. The lowest BCUT2D eigenvalue weighted by Crippen LogP contribution is -2.35. The smallest absolute Gasteiger partial charge is 0.195 e. The number of hydrogen-bond donors (Lipinski definition) is 2. The summed E-state index contributed by atoms with van der Waals surface area (Å²) in [7, 11) is 0. The molecule has 0 unspecified atom stereocenters. The molecule has 14 heavy (non-hydrogen) atoms. The molecule has 0 spiro atoms. The Kier molecular flexibility index (Phi) is 3.03. The summed E-state index contributed by atoms with van der Waals surface area (Å²) in [6.07, 6.45) is 1.12. The number of aliphatic imine (C=N–C) groups is 1. The minimum absolute atomic E-state index is 0.874. The van der Waals surface area contributed by atoms with Crippen LogP contribution in [0.2, 0.25) is 0 Å². The number of halogens is 1. The number of nitrogens with zero attached hydrogens (tertiary/aromatic N) is 1. The van der Waals surface area contributed by atoms with Crippen LogP contribution in [0.25, 0.3) is 0 Å². The van der Waals surface area contributed by atoms with Crippen LogP contribution in [-0.4, -0.2) is 19.0 Å². The number of anilines is 1. The molecule has 1 aliphatic rings. The van der Waals surface area contributed by atoms with Gasteiger partial charge in [0.15, 0.2) is 5.96 Å². The van der Waals surface area contributed by atoms with Crippen molar-refractivity contribution in [1.29, 1.82) is 0 Å². The molecule has 1 heterocycles. The van der Waals surface area contributed by atoms with Gasteiger partial charge in [-0.25, -0.2) is 0 Å². The first-order chi connectivity index (χ1) is 6.84. The molecule has 4 heteroatoms. The van der Waals surface area contributed by atoms with Crippen molar-refractivity contribution in [3.63, 3.8) is 0 Å². The topological polar surface area (TPSA) is 36.4 Å². The van der Waals surface area contributed by atoms with Gasteiger partial charge in [0, 0.05) is 23.2 Å². The third-order valence-electron chi connectivity index (χ3n) is 2.00. The van der Waals surface area contributed by atoms with Crippen molar-refractivity contribution in [1.82, 2.24) is 5.32 Å². The van der Waals surface area contributed by atoms with Crippen molar-refractivity contribution in [2.45, 2.75) is 6.42 Å². The summed E-state index contributed by atoms with van der Waals surface area (Å²) in [5.41, 5.74) is 1.06. The normalized spacial score (nSPS) is 15.6. The van der Waals surface area contributed by atoms with Crippen LogP contribution in [0.5, 0.6) is 0 Å². The van der Waals surface area contributed by atoms with E-state index in [-0.39, 0.29) is 0 Å². The van der Waals surface area contributed by atoms with Crippen LogP contribution in [0.1, 0.15) is 6.42 Å². The second-order valence-corrected chi connectivity index (χ2v) is 4.06. The highest BCUT2D eigenvalue weighted by atomic mass is 79.9. The van der Waals surface area contributed by atoms with Crippen LogP contribution in [0.3, 0.4) is 0 Å². The zero-order valence-corrected chi connectivity index (χ0v) is 9.34. The Labute approximate surface area is 91.7 Å². The van der Waals surface area contributed by atoms with Gasteiger partial charge in [-0.1, -0.05) is 15.9 Å². The highest BCUT2D eigenvalue weighted by Gasteiger charge is 2.02. The number of rotatable bonds is 1. The van der Waals surface area contributed by atoms with E-state index in [9.17, 15) is 0 Å². The molecule has 0 radical (unpaired) electrons. The molecule has 0 fully saturated rings. The fraction of sp³-hybridized carbons (Fsp3) is 0.300. The van der Waals surface area contributed by atoms with Crippen LogP contribution in [-0.2, 0) is 0 Å². The Morgan fingerprint density at radius 1 is 1.29 bits per heavy atom. The molecule has 74 valence electrons. The minimum Gasteiger partial charge on any atom is -0.356 e. The molecular weight excluding hydrogens is 242 g/mol. The lowest BCUT2D eigenvalue weighted by molar-refractivity contribution is 0.740. The summed E-state index contributed by atoms with van der Waals surface area (Å²) >= 11 is 3.40. The summed E-state index contributed by atoms with van der Waals surface area (Å²) in [5, 5.41) is 6.44. The lowest BCUT2D eigenvalue weighted by atomic mass is 10.3. The van der Waals surface area contributed by atoms with Crippen molar-refractivity contribution in [3.05, 3.63) is 28.7 Å². The Hall–Kier alpha value is -1.03. The molecule has 0 aromatic heterocycles. The summed E-state index contributed by atoms with van der Waals surface area (Å²) < 4.78 is 1.08. The van der Waals surface area contributed by atoms with E-state index in [0.717, 1.165) is 35.6 Å². The molecule has 1 aliphatic heterocycles. The number of nitrogens with one attached hydrogen (secondary N) is 2. The van der Waals surface area contributed by atoms with Gasteiger partial charge in [0.05, 0.1) is 0 Å². The largest absolute Gasteiger partial charge is 0.356 e. The molecule has 3 nitrogen and oxygen atoms in total. The lowest BCUT2D eigenvalue weighted by Gasteiger charge is -2.15. The molecule has 1 aromatic rings. The fourth-order valence-corrected chi connectivity index (χ4v) is 1.55. The Morgan fingerprint density at radius 2 is 2.07 bits per heavy atom. The van der Waals surface area contributed by atoms with E-state index in [1.165, 1.54) is 0 Å². The van der Waals surface area contributed by atoms with E-state index in [2.05, 4.69) is 31.6 Å². The molecule has 0 amide bonds. The van der Waals surface area contributed by atoms with E-state index in [4.69, 9.17) is 0 Å². The van der Waals surface area contributed by atoms with Crippen molar-refractivity contribution < 1.29 is 0 Å². The van der Waals surface area contributed by atoms with Crippen LogP contribution in [0.4, 0.5) is 5.69 Å². The van der Waals surface area contributed by atoms with Gasteiger partial charge in [0.25, 0.3) is 0 Å². The standard InChI is InChI=1S/C10H12BrN3/c11-8-2-4-9(5-3-8)14-10-12-6-1-7-13-10/h2-5H,1,6-7H2,(H2,12,13,14). The number of hydrogen-bond acceptors (Lipinski definition) is 3. The molecular formula is C10H12BrN3. The van der Waals surface area contributed by atoms with Crippen molar-refractivity contribution in [2.75, 3.05) is 18.4 Å². The molecule has 0 saturated heterocycles. The quantitative estimate of drug-likeness (QED) is 0.806. The van der Waals surface area contributed by atoms with Gasteiger partial charge in [-0.05, 0) is 30.7 Å². The first kappa shape index (κ1) is 9.52. The molecule has 2 N–H and O–H groups in total. The molecule has 0 saturated carbocycles. The van der Waals surface area contributed by atoms with Gasteiger partial charge in [-0.15, -0.1) is 0 Å². The van der Waals surface area contributed by atoms with E-state index in [0.29, 0.717) is 0 Å². The fourth-order valence-electron chi connectivity index (χ4n) is 1.29. The van der Waals surface area contributed by atoms with Gasteiger partial charge in [-0.3, -0.25) is 4.99 Å². The Morgan fingerprint density at radius 3 is 2.71 bits per heavy atom. The molecule has 2 rings (SSSR count). The first-order valence-electron chi connectivity index (χ1n) is 4.65. The van der Waals surface area contributed by atoms with E-state index < -0.39 is 0 Å². The molecule has 0 aliphatic carbocycles. The summed E-state index contributed by atoms with van der Waals surface area (Å²) in [6.45, 7) is 1.91. The van der Waals surface area contributed by atoms with Crippen LogP contribution in [0.15, 0.2) is 33.7 Å². The van der Waals surface area contributed by atoms with Crippen molar-refractivity contribution in [2.24, 2.45) is 4.99 Å². The summed E-state index contributed by atoms with van der Waals surface area (Å²) in [5.74, 6) is 0.874. The second kappa shape index (κ2) is 4.46. The average Bonchev–Trinajstić information content (AvgIpc) is 2.23. The predicted molar refractivity (Wildman–Crippen MR) is 62.7 cm³/mol. The van der Waals surface area contributed by atoms with Crippen LogP contribution < -0.4 is 10.6 Å². The van der Waals surface area contributed by atoms with Gasteiger partial charge in [0.1, 0.15) is 0 Å². The molecule has 0 bridgehead atoms. The number of guanidine groups is 1. The third-order valence-corrected chi connectivity index (χ3v) is 2.53.